The van der Waals surface area contributed by atoms with Crippen molar-refractivity contribution in [1.82, 2.24) is 14.7 Å². The first kappa shape index (κ1) is 17.1. The molecule has 0 aliphatic carbocycles. The molecule has 1 unspecified atom stereocenters. The average Bonchev–Trinajstić information content (AvgIpc) is 3.24. The van der Waals surface area contributed by atoms with Gasteiger partial charge in [-0.1, -0.05) is 0 Å². The van der Waals surface area contributed by atoms with E-state index >= 15 is 0 Å². The third-order valence-corrected chi connectivity index (χ3v) is 4.29. The highest BCUT2D eigenvalue weighted by molar-refractivity contribution is 5.89. The molecule has 3 rings (SSSR count). The molecule has 2 amide bonds. The van der Waals surface area contributed by atoms with Crippen LogP contribution >= 0.6 is 0 Å². The molecule has 0 saturated carbocycles. The van der Waals surface area contributed by atoms with Gasteiger partial charge in [-0.25, -0.2) is 9.48 Å². The fourth-order valence-electron chi connectivity index (χ4n) is 2.98. The van der Waals surface area contributed by atoms with Crippen LogP contribution < -0.4 is 5.32 Å². The molecule has 134 valence electrons. The quantitative estimate of drug-likeness (QED) is 0.886. The number of aromatic nitrogens is 2. The highest BCUT2D eigenvalue weighted by atomic mass is 16.4. The first-order chi connectivity index (χ1) is 12.0. The molecule has 1 aliphatic heterocycles. The van der Waals surface area contributed by atoms with Gasteiger partial charge in [-0.3, -0.25) is 10.1 Å². The number of carbonyl (C=O) groups excluding carboxylic acids is 1. The van der Waals surface area contributed by atoms with Crippen molar-refractivity contribution < 1.29 is 19.1 Å². The van der Waals surface area contributed by atoms with E-state index in [-0.39, 0.29) is 18.6 Å². The summed E-state index contributed by atoms with van der Waals surface area (Å²) < 4.78 is 7.08. The highest BCUT2D eigenvalue weighted by Crippen LogP contribution is 2.25. The predicted molar refractivity (Wildman–Crippen MR) is 91.3 cm³/mol. The summed E-state index contributed by atoms with van der Waals surface area (Å²) >= 11 is 0. The number of carboxylic acid groups (broad SMARTS) is 1. The van der Waals surface area contributed by atoms with Gasteiger partial charge in [0, 0.05) is 25.2 Å². The maximum atomic E-state index is 12.6. The zero-order chi connectivity index (χ0) is 18.0. The summed E-state index contributed by atoms with van der Waals surface area (Å²) in [7, 11) is 0. The topological polar surface area (TPSA) is 101 Å². The zero-order valence-electron chi connectivity index (χ0n) is 14.3. The molecule has 2 N–H and O–H groups in total. The molecule has 8 nitrogen and oxygen atoms in total. The van der Waals surface area contributed by atoms with Crippen LogP contribution in [0.15, 0.2) is 28.9 Å². The summed E-state index contributed by atoms with van der Waals surface area (Å²) in [6.45, 7) is 4.71. The Kier molecular flexibility index (Phi) is 4.78. The first-order valence-corrected chi connectivity index (χ1v) is 8.38. The Hall–Kier alpha value is -2.77. The number of aliphatic carboxylic acids is 1. The summed E-state index contributed by atoms with van der Waals surface area (Å²) in [6.07, 6.45) is 2.86. The van der Waals surface area contributed by atoms with Crippen LogP contribution in [-0.2, 0) is 4.79 Å². The maximum Gasteiger partial charge on any atom is 0.323 e. The highest BCUT2D eigenvalue weighted by Gasteiger charge is 2.28. The van der Waals surface area contributed by atoms with Gasteiger partial charge in [-0.05, 0) is 38.8 Å². The number of amides is 2. The number of hydrogen-bond acceptors (Lipinski definition) is 4. The van der Waals surface area contributed by atoms with E-state index < -0.39 is 11.9 Å². The lowest BCUT2D eigenvalue weighted by molar-refractivity contribution is -0.143. The number of anilines is 1. The van der Waals surface area contributed by atoms with Gasteiger partial charge in [0.15, 0.2) is 5.76 Å². The summed E-state index contributed by atoms with van der Waals surface area (Å²) in [6, 6.07) is 5.09. The summed E-state index contributed by atoms with van der Waals surface area (Å²) in [5.41, 5.74) is 0.635. The van der Waals surface area contributed by atoms with E-state index in [9.17, 15) is 14.7 Å². The van der Waals surface area contributed by atoms with E-state index in [0.29, 0.717) is 36.7 Å². The fourth-order valence-corrected chi connectivity index (χ4v) is 2.98. The Labute approximate surface area is 145 Å². The number of urea groups is 1. The lowest BCUT2D eigenvalue weighted by Crippen LogP contribution is -2.44. The largest absolute Gasteiger partial charge is 0.481 e. The van der Waals surface area contributed by atoms with Crippen LogP contribution in [0.3, 0.4) is 0 Å². The van der Waals surface area contributed by atoms with Crippen molar-refractivity contribution in [2.75, 3.05) is 18.4 Å². The second kappa shape index (κ2) is 7.00. The van der Waals surface area contributed by atoms with E-state index in [4.69, 9.17) is 4.42 Å². The van der Waals surface area contributed by atoms with Crippen LogP contribution in [0.25, 0.3) is 11.5 Å². The van der Waals surface area contributed by atoms with Gasteiger partial charge in [0.25, 0.3) is 0 Å². The van der Waals surface area contributed by atoms with E-state index in [2.05, 4.69) is 10.4 Å². The molecule has 1 fully saturated rings. The third kappa shape index (κ3) is 3.67. The molecule has 2 aromatic heterocycles. The Bertz CT molecular complexity index is 751. The lowest BCUT2D eigenvalue weighted by atomic mass is 9.99. The van der Waals surface area contributed by atoms with Crippen LogP contribution in [0, 0.1) is 5.92 Å². The molecule has 1 saturated heterocycles. The first-order valence-electron chi connectivity index (χ1n) is 8.38. The lowest BCUT2D eigenvalue weighted by Gasteiger charge is -2.30. The maximum absolute atomic E-state index is 12.6. The molecule has 1 atom stereocenters. The number of piperidine rings is 1. The molecule has 1 aliphatic rings. The van der Waals surface area contributed by atoms with Gasteiger partial charge in [0.05, 0.1) is 12.2 Å². The second-order valence-electron chi connectivity index (χ2n) is 6.48. The van der Waals surface area contributed by atoms with Crippen molar-refractivity contribution >= 4 is 17.8 Å². The molecule has 0 aromatic carbocycles. The molecular weight excluding hydrogens is 324 g/mol. The SMILES string of the molecule is CC(C)n1nc(-c2ccco2)cc1NC(=O)N1CCCC(C(=O)O)C1. The molecule has 0 spiro atoms. The summed E-state index contributed by atoms with van der Waals surface area (Å²) in [4.78, 5) is 25.3. The van der Waals surface area contributed by atoms with Crippen LogP contribution in [0.2, 0.25) is 0 Å². The average molecular weight is 346 g/mol. The van der Waals surface area contributed by atoms with Crippen molar-refractivity contribution in [1.29, 1.82) is 0 Å². The Morgan fingerprint density at radius 3 is 2.88 bits per heavy atom. The van der Waals surface area contributed by atoms with Gasteiger partial charge < -0.3 is 14.4 Å². The minimum Gasteiger partial charge on any atom is -0.481 e. The van der Waals surface area contributed by atoms with E-state index in [1.165, 1.54) is 0 Å². The van der Waals surface area contributed by atoms with Crippen LogP contribution in [0.5, 0.6) is 0 Å². The fraction of sp³-hybridized carbons (Fsp3) is 0.471. The number of carbonyl (C=O) groups is 2. The number of furan rings is 1. The molecule has 0 bridgehead atoms. The van der Waals surface area contributed by atoms with Gasteiger partial charge in [0.1, 0.15) is 11.5 Å². The number of nitrogens with zero attached hydrogens (tertiary/aromatic N) is 3. The minimum atomic E-state index is -0.857. The minimum absolute atomic E-state index is 0.0483. The van der Waals surface area contributed by atoms with E-state index in [1.54, 1.807) is 34.0 Å². The van der Waals surface area contributed by atoms with Gasteiger partial charge in [-0.15, -0.1) is 0 Å². The van der Waals surface area contributed by atoms with E-state index in [0.717, 1.165) is 0 Å². The molecule has 8 heteroatoms. The van der Waals surface area contributed by atoms with Crippen molar-refractivity contribution in [2.45, 2.75) is 32.7 Å². The van der Waals surface area contributed by atoms with Crippen molar-refractivity contribution in [2.24, 2.45) is 5.92 Å². The number of rotatable bonds is 4. The normalized spacial score (nSPS) is 17.7. The molecule has 25 heavy (non-hydrogen) atoms. The summed E-state index contributed by atoms with van der Waals surface area (Å²) in [5.74, 6) is -0.180. The van der Waals surface area contributed by atoms with Gasteiger partial charge >= 0.3 is 12.0 Å². The number of hydrogen-bond donors (Lipinski definition) is 2. The molecule has 0 radical (unpaired) electrons. The second-order valence-corrected chi connectivity index (χ2v) is 6.48. The van der Waals surface area contributed by atoms with Crippen molar-refractivity contribution in [3.8, 4) is 11.5 Å². The van der Waals surface area contributed by atoms with Crippen LogP contribution in [0.1, 0.15) is 32.7 Å². The van der Waals surface area contributed by atoms with Crippen LogP contribution in [-0.4, -0.2) is 44.9 Å². The number of nitrogens with one attached hydrogen (secondary N) is 1. The standard InChI is InChI=1S/C17H22N4O4/c1-11(2)21-15(9-13(19-21)14-6-4-8-25-14)18-17(24)20-7-3-5-12(10-20)16(22)23/h4,6,8-9,11-12H,3,5,7,10H2,1-2H3,(H,18,24)(H,22,23). The zero-order valence-corrected chi connectivity index (χ0v) is 14.3. The van der Waals surface area contributed by atoms with Crippen molar-refractivity contribution in [3.63, 3.8) is 0 Å². The number of carboxylic acids is 1. The molecular formula is C17H22N4O4. The van der Waals surface area contributed by atoms with Gasteiger partial charge in [-0.2, -0.15) is 5.10 Å². The monoisotopic (exact) mass is 346 g/mol. The van der Waals surface area contributed by atoms with Crippen LogP contribution in [0.4, 0.5) is 10.6 Å². The van der Waals surface area contributed by atoms with E-state index in [1.807, 2.05) is 13.8 Å². The van der Waals surface area contributed by atoms with Crippen molar-refractivity contribution in [3.05, 3.63) is 24.5 Å². The molecule has 3 heterocycles. The smallest absolute Gasteiger partial charge is 0.323 e. The Balaban J connectivity index is 1.77. The predicted octanol–water partition coefficient (Wildman–Crippen LogP) is 3.05. The summed E-state index contributed by atoms with van der Waals surface area (Å²) in [5, 5.41) is 16.5. The third-order valence-electron chi connectivity index (χ3n) is 4.29. The number of likely N-dealkylation sites (tertiary alicyclic amines) is 1. The van der Waals surface area contributed by atoms with Gasteiger partial charge in [0.2, 0.25) is 0 Å². The molecule has 2 aromatic rings. The Morgan fingerprint density at radius 1 is 1.44 bits per heavy atom. The Morgan fingerprint density at radius 2 is 2.24 bits per heavy atom.